The molecule has 0 aliphatic carbocycles. The van der Waals surface area contributed by atoms with Crippen molar-refractivity contribution in [2.24, 2.45) is 0 Å². The van der Waals surface area contributed by atoms with Crippen LogP contribution in [0.4, 0.5) is 10.1 Å². The average molecular weight is 256 g/mol. The van der Waals surface area contributed by atoms with Crippen molar-refractivity contribution in [2.75, 3.05) is 39.2 Å². The minimum absolute atomic E-state index is 0.0890. The van der Waals surface area contributed by atoms with Crippen LogP contribution in [-0.2, 0) is 9.53 Å². The molecular weight excluding hydrogens is 239 g/mol. The molecule has 18 heavy (non-hydrogen) atoms. The lowest BCUT2D eigenvalue weighted by Gasteiger charge is -2.11. The predicted molar refractivity (Wildman–Crippen MR) is 66.3 cm³/mol. The number of amides is 1. The summed E-state index contributed by atoms with van der Waals surface area (Å²) in [7, 11) is 3.01. The fraction of sp³-hybridized carbons (Fsp3) is 0.417. The summed E-state index contributed by atoms with van der Waals surface area (Å²) in [6.07, 6.45) is 0. The van der Waals surface area contributed by atoms with Crippen LogP contribution in [0.5, 0.6) is 5.75 Å². The van der Waals surface area contributed by atoms with Gasteiger partial charge in [0, 0.05) is 19.7 Å². The van der Waals surface area contributed by atoms with E-state index in [1.54, 1.807) is 7.11 Å². The summed E-state index contributed by atoms with van der Waals surface area (Å²) in [5.41, 5.74) is 0.570. The van der Waals surface area contributed by atoms with E-state index in [1.165, 1.54) is 25.3 Å². The predicted octanol–water partition coefficient (Wildman–Crippen LogP) is 1.01. The molecule has 0 fully saturated rings. The van der Waals surface area contributed by atoms with Gasteiger partial charge in [0.15, 0.2) is 0 Å². The Kier molecular flexibility index (Phi) is 5.93. The molecule has 0 spiro atoms. The first-order chi connectivity index (χ1) is 8.67. The van der Waals surface area contributed by atoms with Gasteiger partial charge in [-0.25, -0.2) is 4.39 Å². The first kappa shape index (κ1) is 14.2. The molecule has 1 aromatic rings. The van der Waals surface area contributed by atoms with E-state index in [4.69, 9.17) is 9.47 Å². The van der Waals surface area contributed by atoms with Gasteiger partial charge in [-0.15, -0.1) is 0 Å². The molecule has 1 rings (SSSR count). The summed E-state index contributed by atoms with van der Waals surface area (Å²) in [6, 6.07) is 4.08. The molecule has 1 aromatic carbocycles. The Morgan fingerprint density at radius 2 is 2.17 bits per heavy atom. The number of nitrogens with one attached hydrogen (secondary N) is 2. The molecule has 0 saturated carbocycles. The SMILES string of the molecule is COCCNC(=O)CNc1ccc(F)cc1OC. The zero-order chi connectivity index (χ0) is 13.4. The second kappa shape index (κ2) is 7.50. The molecule has 0 aliphatic heterocycles. The Morgan fingerprint density at radius 1 is 1.39 bits per heavy atom. The number of benzene rings is 1. The molecular formula is C12H17FN2O3. The number of rotatable bonds is 7. The van der Waals surface area contributed by atoms with Gasteiger partial charge < -0.3 is 20.1 Å². The summed E-state index contributed by atoms with van der Waals surface area (Å²) in [4.78, 5) is 11.4. The van der Waals surface area contributed by atoms with Crippen molar-refractivity contribution in [1.82, 2.24) is 5.32 Å². The van der Waals surface area contributed by atoms with E-state index >= 15 is 0 Å². The Morgan fingerprint density at radius 3 is 2.83 bits per heavy atom. The molecule has 1 amide bonds. The van der Waals surface area contributed by atoms with Crippen LogP contribution in [0, 0.1) is 5.82 Å². The van der Waals surface area contributed by atoms with E-state index in [0.29, 0.717) is 24.6 Å². The molecule has 0 atom stereocenters. The van der Waals surface area contributed by atoms with Gasteiger partial charge >= 0.3 is 0 Å². The van der Waals surface area contributed by atoms with Crippen LogP contribution in [0.3, 0.4) is 0 Å². The largest absolute Gasteiger partial charge is 0.494 e. The van der Waals surface area contributed by atoms with Crippen LogP contribution in [0.25, 0.3) is 0 Å². The topological polar surface area (TPSA) is 59.6 Å². The fourth-order valence-corrected chi connectivity index (χ4v) is 1.34. The molecule has 0 aliphatic rings. The molecule has 6 heteroatoms. The third kappa shape index (κ3) is 4.58. The normalized spacial score (nSPS) is 9.94. The van der Waals surface area contributed by atoms with Crippen molar-refractivity contribution in [3.63, 3.8) is 0 Å². The number of carbonyl (C=O) groups excluding carboxylic acids is 1. The third-order valence-corrected chi connectivity index (χ3v) is 2.23. The lowest BCUT2D eigenvalue weighted by molar-refractivity contribution is -0.119. The molecule has 0 heterocycles. The van der Waals surface area contributed by atoms with Gasteiger partial charge in [0.25, 0.3) is 0 Å². The third-order valence-electron chi connectivity index (χ3n) is 2.23. The van der Waals surface area contributed by atoms with E-state index < -0.39 is 0 Å². The minimum Gasteiger partial charge on any atom is -0.494 e. The number of hydrogen-bond acceptors (Lipinski definition) is 4. The molecule has 0 aromatic heterocycles. The smallest absolute Gasteiger partial charge is 0.239 e. The van der Waals surface area contributed by atoms with Gasteiger partial charge in [0.1, 0.15) is 11.6 Å². The summed E-state index contributed by atoms with van der Waals surface area (Å²) in [5.74, 6) is -0.194. The Balaban J connectivity index is 2.45. The number of anilines is 1. The van der Waals surface area contributed by atoms with Crippen molar-refractivity contribution >= 4 is 11.6 Å². The number of halogens is 1. The van der Waals surface area contributed by atoms with Crippen molar-refractivity contribution < 1.29 is 18.7 Å². The van der Waals surface area contributed by atoms with Gasteiger partial charge in [-0.05, 0) is 12.1 Å². The van der Waals surface area contributed by atoms with Crippen LogP contribution >= 0.6 is 0 Å². The molecule has 100 valence electrons. The van der Waals surface area contributed by atoms with Gasteiger partial charge in [0.05, 0.1) is 25.9 Å². The highest BCUT2D eigenvalue weighted by molar-refractivity contribution is 5.81. The summed E-state index contributed by atoms with van der Waals surface area (Å²) in [5, 5.41) is 5.53. The Bertz CT molecular complexity index is 399. The van der Waals surface area contributed by atoms with Gasteiger partial charge in [-0.1, -0.05) is 0 Å². The number of methoxy groups -OCH3 is 2. The standard InChI is InChI=1S/C12H17FN2O3/c1-17-6-5-14-12(16)8-15-10-4-3-9(13)7-11(10)18-2/h3-4,7,15H,5-6,8H2,1-2H3,(H,14,16). The number of hydrogen-bond donors (Lipinski definition) is 2. The first-order valence-electron chi connectivity index (χ1n) is 5.50. The van der Waals surface area contributed by atoms with Crippen molar-refractivity contribution in [3.8, 4) is 5.75 Å². The molecule has 0 bridgehead atoms. The molecule has 2 N–H and O–H groups in total. The van der Waals surface area contributed by atoms with Crippen molar-refractivity contribution in [2.45, 2.75) is 0 Å². The maximum atomic E-state index is 12.9. The van der Waals surface area contributed by atoms with E-state index in [2.05, 4.69) is 10.6 Å². The van der Waals surface area contributed by atoms with E-state index in [-0.39, 0.29) is 18.3 Å². The lowest BCUT2D eigenvalue weighted by atomic mass is 10.3. The zero-order valence-electron chi connectivity index (χ0n) is 10.5. The van der Waals surface area contributed by atoms with Gasteiger partial charge in [-0.2, -0.15) is 0 Å². The van der Waals surface area contributed by atoms with Crippen LogP contribution in [0.1, 0.15) is 0 Å². The van der Waals surface area contributed by atoms with Crippen LogP contribution in [0.2, 0.25) is 0 Å². The van der Waals surface area contributed by atoms with Gasteiger partial charge in [-0.3, -0.25) is 4.79 Å². The second-order valence-electron chi connectivity index (χ2n) is 3.54. The second-order valence-corrected chi connectivity index (χ2v) is 3.54. The van der Waals surface area contributed by atoms with Crippen molar-refractivity contribution in [3.05, 3.63) is 24.0 Å². The quantitative estimate of drug-likeness (QED) is 0.715. The van der Waals surface area contributed by atoms with Crippen molar-refractivity contribution in [1.29, 1.82) is 0 Å². The number of carbonyl (C=O) groups is 1. The highest BCUT2D eigenvalue weighted by Crippen LogP contribution is 2.24. The molecule has 0 radical (unpaired) electrons. The van der Waals surface area contributed by atoms with Crippen LogP contribution < -0.4 is 15.4 Å². The number of ether oxygens (including phenoxy) is 2. The highest BCUT2D eigenvalue weighted by Gasteiger charge is 2.06. The summed E-state index contributed by atoms with van der Waals surface area (Å²) >= 11 is 0. The van der Waals surface area contributed by atoms with Gasteiger partial charge in [0.2, 0.25) is 5.91 Å². The van der Waals surface area contributed by atoms with E-state index in [1.807, 2.05) is 0 Å². The van der Waals surface area contributed by atoms with Crippen LogP contribution in [-0.4, -0.2) is 39.8 Å². The first-order valence-corrected chi connectivity index (χ1v) is 5.50. The highest BCUT2D eigenvalue weighted by atomic mass is 19.1. The minimum atomic E-state index is -0.387. The Hall–Kier alpha value is -1.82. The van der Waals surface area contributed by atoms with E-state index in [9.17, 15) is 9.18 Å². The summed E-state index contributed by atoms with van der Waals surface area (Å²) < 4.78 is 22.7. The average Bonchev–Trinajstić information content (AvgIpc) is 2.37. The summed E-state index contributed by atoms with van der Waals surface area (Å²) in [6.45, 7) is 1.01. The maximum Gasteiger partial charge on any atom is 0.239 e. The zero-order valence-corrected chi connectivity index (χ0v) is 10.5. The monoisotopic (exact) mass is 256 g/mol. The van der Waals surface area contributed by atoms with Crippen LogP contribution in [0.15, 0.2) is 18.2 Å². The molecule has 0 unspecified atom stereocenters. The fourth-order valence-electron chi connectivity index (χ4n) is 1.34. The maximum absolute atomic E-state index is 12.9. The lowest BCUT2D eigenvalue weighted by Crippen LogP contribution is -2.32. The Labute approximate surface area is 105 Å². The molecule has 5 nitrogen and oxygen atoms in total. The molecule has 0 saturated heterocycles. The van der Waals surface area contributed by atoms with E-state index in [0.717, 1.165) is 0 Å².